The molecule has 2 fully saturated rings. The van der Waals surface area contributed by atoms with Crippen LogP contribution in [0.5, 0.6) is 0 Å². The molecule has 8 heteroatoms. The number of aryl methyl sites for hydroxylation is 1. The molecule has 1 saturated heterocycles. The van der Waals surface area contributed by atoms with E-state index in [0.29, 0.717) is 43.2 Å². The molecule has 4 rings (SSSR count). The lowest BCUT2D eigenvalue weighted by Gasteiger charge is -2.29. The number of hydrogen-bond acceptors (Lipinski definition) is 6. The summed E-state index contributed by atoms with van der Waals surface area (Å²) in [6.07, 6.45) is 3.76. The highest BCUT2D eigenvalue weighted by atomic mass is 16.5. The molecular weight excluding hydrogens is 420 g/mol. The number of aliphatic hydroxyl groups excluding tert-OH is 1. The van der Waals surface area contributed by atoms with E-state index in [1.54, 1.807) is 11.1 Å². The smallest absolute Gasteiger partial charge is 0.257 e. The summed E-state index contributed by atoms with van der Waals surface area (Å²) in [6.45, 7) is 7.59. The van der Waals surface area contributed by atoms with Crippen molar-refractivity contribution >= 4 is 17.6 Å². The van der Waals surface area contributed by atoms with E-state index in [2.05, 4.69) is 15.6 Å². The minimum atomic E-state index is -0.648. The monoisotopic (exact) mass is 452 g/mol. The van der Waals surface area contributed by atoms with Gasteiger partial charge in [-0.25, -0.2) is 4.98 Å². The lowest BCUT2D eigenvalue weighted by molar-refractivity contribution is 0.0303. The van der Waals surface area contributed by atoms with Crippen molar-refractivity contribution in [1.29, 1.82) is 0 Å². The molecule has 0 bridgehead atoms. The van der Waals surface area contributed by atoms with Crippen LogP contribution in [0.2, 0.25) is 0 Å². The third kappa shape index (κ3) is 5.51. The van der Waals surface area contributed by atoms with Gasteiger partial charge in [0.15, 0.2) is 0 Å². The number of hydrogen-bond donors (Lipinski definition) is 3. The first kappa shape index (κ1) is 23.2. The van der Waals surface area contributed by atoms with Crippen LogP contribution >= 0.6 is 0 Å². The van der Waals surface area contributed by atoms with E-state index in [-0.39, 0.29) is 24.5 Å². The fourth-order valence-corrected chi connectivity index (χ4v) is 3.74. The Hall–Kier alpha value is -2.97. The van der Waals surface area contributed by atoms with Gasteiger partial charge in [-0.1, -0.05) is 6.07 Å². The molecule has 1 aliphatic carbocycles. The lowest BCUT2D eigenvalue weighted by Crippen LogP contribution is -2.42. The molecule has 2 heterocycles. The molecule has 0 radical (unpaired) electrons. The summed E-state index contributed by atoms with van der Waals surface area (Å²) in [5.41, 5.74) is 2.98. The maximum atomic E-state index is 13.4. The zero-order valence-corrected chi connectivity index (χ0v) is 19.5. The second kappa shape index (κ2) is 9.49. The van der Waals surface area contributed by atoms with Crippen molar-refractivity contribution in [2.45, 2.75) is 45.2 Å². The third-order valence-electron chi connectivity index (χ3n) is 5.99. The summed E-state index contributed by atoms with van der Waals surface area (Å²) in [5.74, 6) is 0.207. The fourth-order valence-electron chi connectivity index (χ4n) is 3.74. The van der Waals surface area contributed by atoms with Gasteiger partial charge in [0.05, 0.1) is 30.9 Å². The zero-order valence-electron chi connectivity index (χ0n) is 19.5. The van der Waals surface area contributed by atoms with Crippen LogP contribution < -0.4 is 10.6 Å². The quantitative estimate of drug-likeness (QED) is 0.597. The predicted molar refractivity (Wildman–Crippen MR) is 126 cm³/mol. The Labute approximate surface area is 194 Å². The zero-order chi connectivity index (χ0) is 23.6. The number of rotatable bonds is 7. The average Bonchev–Trinajstić information content (AvgIpc) is 3.63. The standard InChI is InChI=1S/C25H32N4O4/c1-16-4-5-17(23(31)27-19-6-7-19)12-20(16)18-13-21(24(32)29-8-10-33-11-9-29)22(26-14-18)28-25(2,3)15-30/h4-5,12-14,19,30H,6-11,15H2,1-3H3,(H,26,28)(H,27,31). The minimum absolute atomic E-state index is 0.0840. The molecule has 2 aliphatic rings. The van der Waals surface area contributed by atoms with Crippen molar-refractivity contribution in [2.75, 3.05) is 38.2 Å². The van der Waals surface area contributed by atoms with Crippen LogP contribution in [0.4, 0.5) is 5.82 Å². The van der Waals surface area contributed by atoms with E-state index in [1.807, 2.05) is 45.0 Å². The summed E-state index contributed by atoms with van der Waals surface area (Å²) in [7, 11) is 0. The first-order valence-corrected chi connectivity index (χ1v) is 11.5. The molecule has 2 amide bonds. The lowest BCUT2D eigenvalue weighted by atomic mass is 9.97. The maximum Gasteiger partial charge on any atom is 0.257 e. The van der Waals surface area contributed by atoms with Gasteiger partial charge in [0.1, 0.15) is 5.82 Å². The van der Waals surface area contributed by atoms with Crippen molar-refractivity contribution in [2.24, 2.45) is 0 Å². The van der Waals surface area contributed by atoms with Gasteiger partial charge in [0, 0.05) is 36.5 Å². The average molecular weight is 453 g/mol. The summed E-state index contributed by atoms with van der Waals surface area (Å²) < 4.78 is 5.39. The molecule has 1 aromatic carbocycles. The Morgan fingerprint density at radius 1 is 1.21 bits per heavy atom. The summed E-state index contributed by atoms with van der Waals surface area (Å²) >= 11 is 0. The number of morpholine rings is 1. The highest BCUT2D eigenvalue weighted by Crippen LogP contribution is 2.29. The molecule has 1 aliphatic heterocycles. The van der Waals surface area contributed by atoms with Crippen LogP contribution in [0.25, 0.3) is 11.1 Å². The molecule has 176 valence electrons. The van der Waals surface area contributed by atoms with Gasteiger partial charge in [-0.2, -0.15) is 0 Å². The molecule has 0 unspecified atom stereocenters. The van der Waals surface area contributed by atoms with Gasteiger partial charge < -0.3 is 25.4 Å². The highest BCUT2D eigenvalue weighted by molar-refractivity contribution is 6.00. The number of amides is 2. The maximum absolute atomic E-state index is 13.4. The predicted octanol–water partition coefficient (Wildman–Crippen LogP) is 2.60. The number of pyridine rings is 1. The molecule has 1 saturated carbocycles. The molecule has 2 aromatic rings. The second-order valence-corrected chi connectivity index (χ2v) is 9.47. The second-order valence-electron chi connectivity index (χ2n) is 9.47. The molecule has 0 spiro atoms. The minimum Gasteiger partial charge on any atom is -0.394 e. The summed E-state index contributed by atoms with van der Waals surface area (Å²) in [4.78, 5) is 32.3. The van der Waals surface area contributed by atoms with Crippen LogP contribution in [0, 0.1) is 6.92 Å². The van der Waals surface area contributed by atoms with Gasteiger partial charge in [-0.05, 0) is 62.9 Å². The Morgan fingerprint density at radius 2 is 1.94 bits per heavy atom. The van der Waals surface area contributed by atoms with Crippen molar-refractivity contribution in [3.63, 3.8) is 0 Å². The topological polar surface area (TPSA) is 104 Å². The van der Waals surface area contributed by atoms with E-state index in [9.17, 15) is 14.7 Å². The highest BCUT2D eigenvalue weighted by Gasteiger charge is 2.27. The summed E-state index contributed by atoms with van der Waals surface area (Å²) in [6, 6.07) is 7.70. The molecule has 3 N–H and O–H groups in total. The SMILES string of the molecule is Cc1ccc(C(=O)NC2CC2)cc1-c1cnc(NC(C)(C)CO)c(C(=O)N2CCOCC2)c1. The largest absolute Gasteiger partial charge is 0.394 e. The van der Waals surface area contributed by atoms with Crippen molar-refractivity contribution in [1.82, 2.24) is 15.2 Å². The number of nitrogens with zero attached hydrogens (tertiary/aromatic N) is 2. The van der Waals surface area contributed by atoms with E-state index in [1.165, 1.54) is 0 Å². The third-order valence-corrected chi connectivity index (χ3v) is 5.99. The normalized spacial score (nSPS) is 16.4. The fraction of sp³-hybridized carbons (Fsp3) is 0.480. The number of benzene rings is 1. The van der Waals surface area contributed by atoms with E-state index in [4.69, 9.17) is 4.74 Å². The molecule has 1 aromatic heterocycles. The van der Waals surface area contributed by atoms with Crippen molar-refractivity contribution in [3.8, 4) is 11.1 Å². The molecule has 0 atom stereocenters. The number of aromatic nitrogens is 1. The van der Waals surface area contributed by atoms with Crippen LogP contribution in [-0.2, 0) is 4.74 Å². The Balaban J connectivity index is 1.71. The Bertz CT molecular complexity index is 1040. The molecule has 33 heavy (non-hydrogen) atoms. The number of aliphatic hydroxyl groups is 1. The van der Waals surface area contributed by atoms with Crippen LogP contribution in [-0.4, -0.2) is 71.3 Å². The summed E-state index contributed by atoms with van der Waals surface area (Å²) in [5, 5.41) is 15.9. The van der Waals surface area contributed by atoms with Crippen molar-refractivity contribution in [3.05, 3.63) is 47.2 Å². The first-order chi connectivity index (χ1) is 15.8. The van der Waals surface area contributed by atoms with E-state index in [0.717, 1.165) is 29.5 Å². The van der Waals surface area contributed by atoms with Crippen LogP contribution in [0.1, 0.15) is 53.0 Å². The van der Waals surface area contributed by atoms with Gasteiger partial charge in [0.2, 0.25) is 0 Å². The number of carbonyl (C=O) groups excluding carboxylic acids is 2. The van der Waals surface area contributed by atoms with Crippen LogP contribution in [0.15, 0.2) is 30.5 Å². The Morgan fingerprint density at radius 3 is 2.61 bits per heavy atom. The van der Waals surface area contributed by atoms with Gasteiger partial charge in [0.25, 0.3) is 11.8 Å². The van der Waals surface area contributed by atoms with Crippen LogP contribution in [0.3, 0.4) is 0 Å². The number of ether oxygens (including phenoxy) is 1. The first-order valence-electron chi connectivity index (χ1n) is 11.5. The molecular formula is C25H32N4O4. The van der Waals surface area contributed by atoms with E-state index >= 15 is 0 Å². The Kier molecular flexibility index (Phi) is 6.67. The number of nitrogens with one attached hydrogen (secondary N) is 2. The van der Waals surface area contributed by atoms with Gasteiger partial charge in [-0.15, -0.1) is 0 Å². The van der Waals surface area contributed by atoms with E-state index < -0.39 is 5.54 Å². The van der Waals surface area contributed by atoms with Gasteiger partial charge in [-0.3, -0.25) is 9.59 Å². The molecule has 8 nitrogen and oxygen atoms in total. The van der Waals surface area contributed by atoms with Gasteiger partial charge >= 0.3 is 0 Å². The number of carbonyl (C=O) groups is 2. The van der Waals surface area contributed by atoms with Crippen molar-refractivity contribution < 1.29 is 19.4 Å². The number of anilines is 1.